The van der Waals surface area contributed by atoms with Gasteiger partial charge in [-0.2, -0.15) is 0 Å². The van der Waals surface area contributed by atoms with Crippen LogP contribution in [0.5, 0.6) is 0 Å². The fourth-order valence-electron chi connectivity index (χ4n) is 3.35. The summed E-state index contributed by atoms with van der Waals surface area (Å²) in [5, 5.41) is 17.9. The first-order valence-electron chi connectivity index (χ1n) is 9.75. The van der Waals surface area contributed by atoms with Gasteiger partial charge in [-0.15, -0.1) is 0 Å². The van der Waals surface area contributed by atoms with Crippen LogP contribution < -0.4 is 10.6 Å². The summed E-state index contributed by atoms with van der Waals surface area (Å²) >= 11 is 11.6. The molecule has 3 rings (SSSR count). The highest BCUT2D eigenvalue weighted by molar-refractivity contribution is 7.80. The molecule has 2 aromatic carbocycles. The molecule has 30 heavy (non-hydrogen) atoms. The maximum atomic E-state index is 12.2. The van der Waals surface area contributed by atoms with Crippen LogP contribution in [0.3, 0.4) is 0 Å². The highest BCUT2D eigenvalue weighted by Gasteiger charge is 2.23. The first-order valence-corrected chi connectivity index (χ1v) is 10.5. The minimum Gasteiger partial charge on any atom is -0.353 e. The minimum absolute atomic E-state index is 0.0541. The number of nitro benzene ring substituents is 1. The van der Waals surface area contributed by atoms with Gasteiger partial charge >= 0.3 is 0 Å². The van der Waals surface area contributed by atoms with Crippen molar-refractivity contribution in [1.82, 2.24) is 10.2 Å². The van der Waals surface area contributed by atoms with Crippen LogP contribution in [0.4, 0.5) is 11.4 Å². The number of halogens is 1. The van der Waals surface area contributed by atoms with Gasteiger partial charge in [0, 0.05) is 37.7 Å². The van der Waals surface area contributed by atoms with Crippen molar-refractivity contribution < 1.29 is 9.72 Å². The van der Waals surface area contributed by atoms with Crippen molar-refractivity contribution >= 4 is 46.2 Å². The normalized spacial score (nSPS) is 14.2. The zero-order valence-electron chi connectivity index (χ0n) is 16.3. The molecule has 1 aliphatic rings. The van der Waals surface area contributed by atoms with Crippen molar-refractivity contribution in [1.29, 1.82) is 0 Å². The SMILES string of the molecule is O=C(CCc1ccccc1)NC1CCN(C(=S)Nc2cc([N+](=O)[O-])ccc2Cl)CC1. The number of nitrogens with one attached hydrogen (secondary N) is 2. The van der Waals surface area contributed by atoms with Crippen molar-refractivity contribution in [3.8, 4) is 0 Å². The molecule has 2 N–H and O–H groups in total. The summed E-state index contributed by atoms with van der Waals surface area (Å²) in [6.45, 7) is 1.37. The number of likely N-dealkylation sites (tertiary alicyclic amines) is 1. The first-order chi connectivity index (χ1) is 14.4. The van der Waals surface area contributed by atoms with Gasteiger partial charge in [-0.3, -0.25) is 14.9 Å². The monoisotopic (exact) mass is 446 g/mol. The van der Waals surface area contributed by atoms with Gasteiger partial charge in [0.1, 0.15) is 0 Å². The molecule has 1 fully saturated rings. The number of nitrogens with zero attached hydrogens (tertiary/aromatic N) is 2. The van der Waals surface area contributed by atoms with E-state index < -0.39 is 4.92 Å². The zero-order valence-corrected chi connectivity index (χ0v) is 17.9. The molecule has 1 heterocycles. The second-order valence-corrected chi connectivity index (χ2v) is 7.96. The van der Waals surface area contributed by atoms with E-state index in [0.717, 1.165) is 24.8 Å². The third-order valence-electron chi connectivity index (χ3n) is 5.03. The maximum Gasteiger partial charge on any atom is 0.271 e. The molecule has 0 saturated carbocycles. The first kappa shape index (κ1) is 22.0. The van der Waals surface area contributed by atoms with Gasteiger partial charge in [0.2, 0.25) is 5.91 Å². The van der Waals surface area contributed by atoms with Crippen LogP contribution in [-0.4, -0.2) is 40.0 Å². The third kappa shape index (κ3) is 6.14. The number of hydrogen-bond donors (Lipinski definition) is 2. The number of thiocarbonyl (C=S) groups is 1. The van der Waals surface area contributed by atoms with Gasteiger partial charge < -0.3 is 15.5 Å². The second-order valence-electron chi connectivity index (χ2n) is 7.17. The lowest BCUT2D eigenvalue weighted by Crippen LogP contribution is -2.47. The number of amides is 1. The highest BCUT2D eigenvalue weighted by Crippen LogP contribution is 2.27. The summed E-state index contributed by atoms with van der Waals surface area (Å²) < 4.78 is 0. The van der Waals surface area contributed by atoms with Crippen LogP contribution in [-0.2, 0) is 11.2 Å². The minimum atomic E-state index is -0.476. The summed E-state index contributed by atoms with van der Waals surface area (Å²) in [5.74, 6) is 0.0568. The number of aryl methyl sites for hydroxylation is 1. The Hall–Kier alpha value is -2.71. The summed E-state index contributed by atoms with van der Waals surface area (Å²) in [6, 6.07) is 14.3. The van der Waals surface area contributed by atoms with Crippen LogP contribution in [0.1, 0.15) is 24.8 Å². The van der Waals surface area contributed by atoms with Gasteiger partial charge in [0.05, 0.1) is 15.6 Å². The van der Waals surface area contributed by atoms with Gasteiger partial charge in [0.15, 0.2) is 5.11 Å². The van der Waals surface area contributed by atoms with E-state index in [1.165, 1.54) is 18.2 Å². The van der Waals surface area contributed by atoms with E-state index in [-0.39, 0.29) is 17.6 Å². The van der Waals surface area contributed by atoms with Crippen molar-refractivity contribution in [2.45, 2.75) is 31.7 Å². The second kappa shape index (κ2) is 10.4. The largest absolute Gasteiger partial charge is 0.353 e. The molecule has 1 saturated heterocycles. The molecule has 9 heteroatoms. The molecule has 0 bridgehead atoms. The molecule has 7 nitrogen and oxygen atoms in total. The van der Waals surface area contributed by atoms with Crippen LogP contribution in [0.2, 0.25) is 5.02 Å². The third-order valence-corrected chi connectivity index (χ3v) is 5.72. The van der Waals surface area contributed by atoms with E-state index in [0.29, 0.717) is 35.3 Å². The number of rotatable bonds is 6. The smallest absolute Gasteiger partial charge is 0.271 e. The average molecular weight is 447 g/mol. The Kier molecular flexibility index (Phi) is 7.59. The van der Waals surface area contributed by atoms with E-state index in [4.69, 9.17) is 23.8 Å². The number of non-ortho nitro benzene ring substituents is 1. The van der Waals surface area contributed by atoms with E-state index in [1.807, 2.05) is 35.2 Å². The van der Waals surface area contributed by atoms with Crippen molar-refractivity contribution in [3.05, 3.63) is 69.2 Å². The van der Waals surface area contributed by atoms with E-state index in [2.05, 4.69) is 10.6 Å². The molecule has 1 amide bonds. The summed E-state index contributed by atoms with van der Waals surface area (Å²) in [6.07, 6.45) is 2.75. The quantitative estimate of drug-likeness (QED) is 0.393. The lowest BCUT2D eigenvalue weighted by atomic mass is 10.0. The molecule has 158 valence electrons. The molecule has 1 aliphatic heterocycles. The Bertz CT molecular complexity index is 918. The standard InChI is InChI=1S/C21H23ClN4O3S/c22-18-8-7-17(26(28)29)14-19(18)24-21(30)25-12-10-16(11-13-25)23-20(27)9-6-15-4-2-1-3-5-15/h1-5,7-8,14,16H,6,9-13H2,(H,23,27)(H,24,30). The Morgan fingerprint density at radius 1 is 1.20 bits per heavy atom. The highest BCUT2D eigenvalue weighted by atomic mass is 35.5. The van der Waals surface area contributed by atoms with Crippen LogP contribution in [0, 0.1) is 10.1 Å². The number of carbonyl (C=O) groups is 1. The molecule has 0 spiro atoms. The molecule has 0 aromatic heterocycles. The summed E-state index contributed by atoms with van der Waals surface area (Å²) in [5.41, 5.74) is 1.51. The molecule has 0 aliphatic carbocycles. The molecular weight excluding hydrogens is 424 g/mol. The van der Waals surface area contributed by atoms with Crippen LogP contribution >= 0.6 is 23.8 Å². The molecule has 2 aromatic rings. The number of piperidine rings is 1. The Morgan fingerprint density at radius 2 is 1.90 bits per heavy atom. The predicted octanol–water partition coefficient (Wildman–Crippen LogP) is 4.16. The van der Waals surface area contributed by atoms with Gasteiger partial charge in [-0.05, 0) is 43.1 Å². The van der Waals surface area contributed by atoms with Crippen molar-refractivity contribution in [2.75, 3.05) is 18.4 Å². The van der Waals surface area contributed by atoms with Crippen molar-refractivity contribution in [3.63, 3.8) is 0 Å². The number of hydrogen-bond acceptors (Lipinski definition) is 4. The van der Waals surface area contributed by atoms with Crippen molar-refractivity contribution in [2.24, 2.45) is 0 Å². The zero-order chi connectivity index (χ0) is 21.5. The topological polar surface area (TPSA) is 87.5 Å². The Balaban J connectivity index is 1.45. The van der Waals surface area contributed by atoms with Crippen LogP contribution in [0.25, 0.3) is 0 Å². The fourth-order valence-corrected chi connectivity index (χ4v) is 3.80. The van der Waals surface area contributed by atoms with E-state index in [9.17, 15) is 14.9 Å². The van der Waals surface area contributed by atoms with Crippen LogP contribution in [0.15, 0.2) is 48.5 Å². The lowest BCUT2D eigenvalue weighted by molar-refractivity contribution is -0.384. The van der Waals surface area contributed by atoms with E-state index in [1.54, 1.807) is 0 Å². The molecule has 0 radical (unpaired) electrons. The molecule has 0 unspecified atom stereocenters. The predicted molar refractivity (Wildman–Crippen MR) is 122 cm³/mol. The summed E-state index contributed by atoms with van der Waals surface area (Å²) in [7, 11) is 0. The fraction of sp³-hybridized carbons (Fsp3) is 0.333. The molecule has 0 atom stereocenters. The molecular formula is C21H23ClN4O3S. The number of carbonyl (C=O) groups excluding carboxylic acids is 1. The number of nitro groups is 1. The number of anilines is 1. The van der Waals surface area contributed by atoms with E-state index >= 15 is 0 Å². The number of benzene rings is 2. The Morgan fingerprint density at radius 3 is 2.57 bits per heavy atom. The summed E-state index contributed by atoms with van der Waals surface area (Å²) in [4.78, 5) is 24.7. The Labute approximate surface area is 185 Å². The van der Waals surface area contributed by atoms with Gasteiger partial charge in [-0.25, -0.2) is 0 Å². The maximum absolute atomic E-state index is 12.2. The average Bonchev–Trinajstić information content (AvgIpc) is 2.75. The lowest BCUT2D eigenvalue weighted by Gasteiger charge is -2.34. The van der Waals surface area contributed by atoms with Gasteiger partial charge in [0.25, 0.3) is 5.69 Å². The van der Waals surface area contributed by atoms with Gasteiger partial charge in [-0.1, -0.05) is 41.9 Å².